The van der Waals surface area contributed by atoms with Crippen LogP contribution in [-0.4, -0.2) is 10.2 Å². The van der Waals surface area contributed by atoms with Crippen LogP contribution >= 0.6 is 23.2 Å². The van der Waals surface area contributed by atoms with Gasteiger partial charge in [0.15, 0.2) is 0 Å². The van der Waals surface area contributed by atoms with Crippen molar-refractivity contribution < 1.29 is 4.79 Å². The molecule has 16 heavy (non-hydrogen) atoms. The zero-order valence-corrected chi connectivity index (χ0v) is 10.5. The monoisotopic (exact) mass is 257 g/mol. The van der Waals surface area contributed by atoms with Crippen LogP contribution in [0.5, 0.6) is 0 Å². The molecule has 86 valence electrons. The number of halogens is 2. The van der Waals surface area contributed by atoms with E-state index in [1.165, 1.54) is 5.56 Å². The van der Waals surface area contributed by atoms with Crippen LogP contribution in [-0.2, 0) is 11.2 Å². The van der Waals surface area contributed by atoms with Gasteiger partial charge in [0.2, 0.25) is 5.91 Å². The Morgan fingerprint density at radius 3 is 2.81 bits per heavy atom. The molecule has 1 atom stereocenters. The predicted molar refractivity (Wildman–Crippen MR) is 67.0 cm³/mol. The van der Waals surface area contributed by atoms with Gasteiger partial charge in [0.05, 0.1) is 5.92 Å². The molecule has 2 rings (SSSR count). The Morgan fingerprint density at radius 1 is 1.56 bits per heavy atom. The second kappa shape index (κ2) is 4.27. The molecule has 0 aliphatic heterocycles. The predicted octanol–water partition coefficient (Wildman–Crippen LogP) is 3.38. The van der Waals surface area contributed by atoms with Crippen molar-refractivity contribution in [3.63, 3.8) is 0 Å². The standard InChI is InChI=1S/C12H13Cl2NO/c1-2-8-4-3-5-9(6-8)15-11(16)10-7-12(10,13)14/h3-6,10H,2,7H2,1H3,(H,15,16)/t10-/m1/s1. The van der Waals surface area contributed by atoms with Crippen LogP contribution in [0.15, 0.2) is 24.3 Å². The summed E-state index contributed by atoms with van der Waals surface area (Å²) in [5, 5.41) is 2.83. The van der Waals surface area contributed by atoms with E-state index < -0.39 is 4.33 Å². The number of amides is 1. The Bertz CT molecular complexity index is 417. The van der Waals surface area contributed by atoms with Crippen molar-refractivity contribution in [3.8, 4) is 0 Å². The topological polar surface area (TPSA) is 29.1 Å². The normalized spacial score (nSPS) is 21.6. The van der Waals surface area contributed by atoms with E-state index in [0.717, 1.165) is 12.1 Å². The van der Waals surface area contributed by atoms with Crippen LogP contribution in [0.3, 0.4) is 0 Å². The first-order chi connectivity index (χ1) is 7.53. The summed E-state index contributed by atoms with van der Waals surface area (Å²) < 4.78 is -0.855. The van der Waals surface area contributed by atoms with Crippen LogP contribution in [0.4, 0.5) is 5.69 Å². The van der Waals surface area contributed by atoms with Crippen molar-refractivity contribution in [1.29, 1.82) is 0 Å². The largest absolute Gasteiger partial charge is 0.326 e. The van der Waals surface area contributed by atoms with Gasteiger partial charge in [-0.1, -0.05) is 19.1 Å². The van der Waals surface area contributed by atoms with Crippen LogP contribution in [0.1, 0.15) is 18.9 Å². The minimum absolute atomic E-state index is 0.0988. The zero-order valence-electron chi connectivity index (χ0n) is 8.97. The molecule has 0 radical (unpaired) electrons. The van der Waals surface area contributed by atoms with Crippen LogP contribution < -0.4 is 5.32 Å². The molecular weight excluding hydrogens is 245 g/mol. The molecule has 1 aromatic rings. The third-order valence-electron chi connectivity index (χ3n) is 2.75. The number of alkyl halides is 2. The van der Waals surface area contributed by atoms with Gasteiger partial charge in [0, 0.05) is 5.69 Å². The van der Waals surface area contributed by atoms with Gasteiger partial charge >= 0.3 is 0 Å². The number of anilines is 1. The van der Waals surface area contributed by atoms with E-state index in [2.05, 4.69) is 12.2 Å². The van der Waals surface area contributed by atoms with Crippen molar-refractivity contribution >= 4 is 34.8 Å². The minimum atomic E-state index is -0.855. The Labute approximate surface area is 105 Å². The van der Waals surface area contributed by atoms with Crippen molar-refractivity contribution in [2.75, 3.05) is 5.32 Å². The number of nitrogens with one attached hydrogen (secondary N) is 1. The molecule has 0 bridgehead atoms. The number of hydrogen-bond acceptors (Lipinski definition) is 1. The summed E-state index contributed by atoms with van der Waals surface area (Å²) in [6.45, 7) is 2.07. The molecule has 4 heteroatoms. The first-order valence-corrected chi connectivity index (χ1v) is 6.06. The molecule has 0 aromatic heterocycles. The highest BCUT2D eigenvalue weighted by atomic mass is 35.5. The average Bonchev–Trinajstić information content (AvgIpc) is 2.88. The number of benzene rings is 1. The van der Waals surface area contributed by atoms with E-state index >= 15 is 0 Å². The van der Waals surface area contributed by atoms with Crippen LogP contribution in [0.25, 0.3) is 0 Å². The molecule has 1 saturated carbocycles. The van der Waals surface area contributed by atoms with Gasteiger partial charge in [-0.3, -0.25) is 4.79 Å². The van der Waals surface area contributed by atoms with E-state index in [1.807, 2.05) is 24.3 Å². The van der Waals surface area contributed by atoms with Gasteiger partial charge in [-0.05, 0) is 30.5 Å². The first kappa shape index (κ1) is 11.7. The lowest BCUT2D eigenvalue weighted by atomic mass is 10.1. The summed E-state index contributed by atoms with van der Waals surface area (Å²) in [5.74, 6) is -0.376. The highest BCUT2D eigenvalue weighted by Gasteiger charge is 2.56. The molecule has 0 saturated heterocycles. The van der Waals surface area contributed by atoms with Gasteiger partial charge in [-0.15, -0.1) is 23.2 Å². The molecule has 2 nitrogen and oxygen atoms in total. The molecule has 1 N–H and O–H groups in total. The van der Waals surface area contributed by atoms with Gasteiger partial charge in [-0.25, -0.2) is 0 Å². The van der Waals surface area contributed by atoms with Crippen molar-refractivity contribution in [2.45, 2.75) is 24.1 Å². The van der Waals surface area contributed by atoms with Gasteiger partial charge in [-0.2, -0.15) is 0 Å². The van der Waals surface area contributed by atoms with E-state index in [4.69, 9.17) is 23.2 Å². The fourth-order valence-corrected chi connectivity index (χ4v) is 2.10. The fourth-order valence-electron chi connectivity index (χ4n) is 1.60. The van der Waals surface area contributed by atoms with Gasteiger partial charge in [0.25, 0.3) is 0 Å². The number of rotatable bonds is 3. The molecule has 1 aliphatic rings. The summed E-state index contributed by atoms with van der Waals surface area (Å²) in [6.07, 6.45) is 1.48. The van der Waals surface area contributed by atoms with Crippen molar-refractivity contribution in [2.24, 2.45) is 5.92 Å². The minimum Gasteiger partial charge on any atom is -0.326 e. The molecule has 0 unspecified atom stereocenters. The number of aryl methyl sites for hydroxylation is 1. The summed E-state index contributed by atoms with van der Waals surface area (Å²) in [4.78, 5) is 11.7. The second-order valence-electron chi connectivity index (χ2n) is 4.06. The third-order valence-corrected chi connectivity index (χ3v) is 3.58. The van der Waals surface area contributed by atoms with E-state index in [1.54, 1.807) is 0 Å². The first-order valence-electron chi connectivity index (χ1n) is 5.30. The third kappa shape index (κ3) is 2.50. The van der Waals surface area contributed by atoms with E-state index in [0.29, 0.717) is 6.42 Å². The quantitative estimate of drug-likeness (QED) is 0.827. The molecule has 1 aromatic carbocycles. The van der Waals surface area contributed by atoms with E-state index in [9.17, 15) is 4.79 Å². The molecule has 1 aliphatic carbocycles. The molecule has 1 amide bonds. The number of carbonyl (C=O) groups excluding carboxylic acids is 1. The number of hydrogen-bond donors (Lipinski definition) is 1. The summed E-state index contributed by atoms with van der Waals surface area (Å²) in [6, 6.07) is 7.78. The molecule has 0 heterocycles. The van der Waals surface area contributed by atoms with Crippen molar-refractivity contribution in [3.05, 3.63) is 29.8 Å². The average molecular weight is 258 g/mol. The lowest BCUT2D eigenvalue weighted by Crippen LogP contribution is -2.16. The Hall–Kier alpha value is -0.730. The lowest BCUT2D eigenvalue weighted by molar-refractivity contribution is -0.117. The number of carbonyl (C=O) groups is 1. The molecule has 0 spiro atoms. The SMILES string of the molecule is CCc1cccc(NC(=O)[C@H]2CC2(Cl)Cl)c1. The maximum Gasteiger partial charge on any atom is 0.230 e. The summed E-state index contributed by atoms with van der Waals surface area (Å²) in [5.41, 5.74) is 2.00. The Morgan fingerprint density at radius 2 is 2.25 bits per heavy atom. The zero-order chi connectivity index (χ0) is 11.8. The highest BCUT2D eigenvalue weighted by Crippen LogP contribution is 2.53. The van der Waals surface area contributed by atoms with Crippen molar-refractivity contribution in [1.82, 2.24) is 0 Å². The van der Waals surface area contributed by atoms with E-state index in [-0.39, 0.29) is 11.8 Å². The maximum absolute atomic E-state index is 11.7. The molecule has 1 fully saturated rings. The summed E-state index contributed by atoms with van der Waals surface area (Å²) in [7, 11) is 0. The lowest BCUT2D eigenvalue weighted by Gasteiger charge is -2.06. The second-order valence-corrected chi connectivity index (χ2v) is 5.60. The summed E-state index contributed by atoms with van der Waals surface area (Å²) >= 11 is 11.7. The van der Waals surface area contributed by atoms with Gasteiger partial charge < -0.3 is 5.32 Å². The maximum atomic E-state index is 11.7. The van der Waals surface area contributed by atoms with Crippen LogP contribution in [0.2, 0.25) is 0 Å². The Balaban J connectivity index is 2.01. The van der Waals surface area contributed by atoms with Gasteiger partial charge in [0.1, 0.15) is 4.33 Å². The highest BCUT2D eigenvalue weighted by molar-refractivity contribution is 6.52. The smallest absolute Gasteiger partial charge is 0.230 e. The van der Waals surface area contributed by atoms with Crippen LogP contribution in [0, 0.1) is 5.92 Å². The Kier molecular flexibility index (Phi) is 3.13. The molecular formula is C12H13Cl2NO. The fraction of sp³-hybridized carbons (Fsp3) is 0.417.